The monoisotopic (exact) mass is 278 g/mol. The van der Waals surface area contributed by atoms with Gasteiger partial charge in [-0.15, -0.1) is 0 Å². The quantitative estimate of drug-likeness (QED) is 0.832. The molecule has 2 N–H and O–H groups in total. The number of rotatable bonds is 4. The third-order valence-electron chi connectivity index (χ3n) is 2.70. The molecule has 2 amide bonds. The van der Waals surface area contributed by atoms with E-state index in [9.17, 15) is 9.59 Å². The van der Waals surface area contributed by atoms with Crippen molar-refractivity contribution in [3.63, 3.8) is 0 Å². The summed E-state index contributed by atoms with van der Waals surface area (Å²) in [4.78, 5) is 22.1. The molecule has 5 nitrogen and oxygen atoms in total. The van der Waals surface area contributed by atoms with Gasteiger partial charge in [-0.1, -0.05) is 0 Å². The topological polar surface area (TPSA) is 67.4 Å². The molecule has 0 saturated heterocycles. The molecule has 5 heteroatoms. The fourth-order valence-corrected chi connectivity index (χ4v) is 1.91. The minimum atomic E-state index is -0.526. The van der Waals surface area contributed by atoms with Gasteiger partial charge >= 0.3 is 6.09 Å². The van der Waals surface area contributed by atoms with E-state index in [0.717, 1.165) is 16.7 Å². The number of aryl methyl sites for hydroxylation is 2. The summed E-state index contributed by atoms with van der Waals surface area (Å²) in [6.45, 7) is 9.81. The Bertz CT molecular complexity index is 481. The minimum Gasteiger partial charge on any atom is -0.444 e. The normalized spacial score (nSPS) is 10.8. The summed E-state index contributed by atoms with van der Waals surface area (Å²) in [5.41, 5.74) is 3.22. The number of carbonyl (C=O) groups excluding carboxylic acids is 2. The van der Waals surface area contributed by atoms with Gasteiger partial charge in [0.05, 0.1) is 0 Å². The molecule has 0 saturated carbocycles. The van der Waals surface area contributed by atoms with Crippen LogP contribution in [0.25, 0.3) is 0 Å². The Labute approximate surface area is 119 Å². The van der Waals surface area contributed by atoms with Crippen molar-refractivity contribution in [1.29, 1.82) is 0 Å². The van der Waals surface area contributed by atoms with Crippen LogP contribution in [0, 0.1) is 13.8 Å². The lowest BCUT2D eigenvalue weighted by Gasteiger charge is -2.20. The van der Waals surface area contributed by atoms with E-state index in [2.05, 4.69) is 10.6 Å². The first-order valence-electron chi connectivity index (χ1n) is 6.50. The molecule has 0 aliphatic rings. The molecule has 0 bridgehead atoms. The maximum Gasteiger partial charge on any atom is 0.412 e. The van der Waals surface area contributed by atoms with Gasteiger partial charge in [-0.2, -0.15) is 0 Å². The second kappa shape index (κ2) is 6.41. The molecule has 110 valence electrons. The van der Waals surface area contributed by atoms with Crippen molar-refractivity contribution in [3.8, 4) is 0 Å². The largest absolute Gasteiger partial charge is 0.444 e. The minimum absolute atomic E-state index is 0.477. The highest BCUT2D eigenvalue weighted by Gasteiger charge is 2.16. The van der Waals surface area contributed by atoms with E-state index >= 15 is 0 Å². The summed E-state index contributed by atoms with van der Waals surface area (Å²) in [6.07, 6.45) is 0.196. The van der Waals surface area contributed by atoms with E-state index in [4.69, 9.17) is 4.74 Å². The molecular formula is C15H22N2O3. The fraction of sp³-hybridized carbons (Fsp3) is 0.467. The van der Waals surface area contributed by atoms with Gasteiger partial charge in [0, 0.05) is 12.2 Å². The second-order valence-corrected chi connectivity index (χ2v) is 5.71. The Morgan fingerprint density at radius 1 is 1.25 bits per heavy atom. The third kappa shape index (κ3) is 4.91. The van der Waals surface area contributed by atoms with Crippen molar-refractivity contribution in [2.75, 3.05) is 5.32 Å². The van der Waals surface area contributed by atoms with Crippen LogP contribution in [0.15, 0.2) is 12.1 Å². The van der Waals surface area contributed by atoms with Crippen LogP contribution in [0.5, 0.6) is 0 Å². The Hall–Kier alpha value is -2.04. The maximum atomic E-state index is 11.7. The summed E-state index contributed by atoms with van der Waals surface area (Å²) < 4.78 is 5.21. The first-order chi connectivity index (χ1) is 9.23. The van der Waals surface area contributed by atoms with E-state index in [1.807, 2.05) is 46.8 Å². The number of carbonyl (C=O) groups is 2. The molecule has 0 atom stereocenters. The fourth-order valence-electron chi connectivity index (χ4n) is 1.91. The molecular weight excluding hydrogens is 256 g/mol. The highest BCUT2D eigenvalue weighted by molar-refractivity contribution is 5.85. The number of hydrogen-bond acceptors (Lipinski definition) is 3. The first-order valence-corrected chi connectivity index (χ1v) is 6.50. The Morgan fingerprint density at radius 3 is 2.25 bits per heavy atom. The first kappa shape index (κ1) is 16.0. The van der Waals surface area contributed by atoms with E-state index in [1.54, 1.807) is 0 Å². The van der Waals surface area contributed by atoms with E-state index < -0.39 is 11.7 Å². The van der Waals surface area contributed by atoms with Crippen LogP contribution < -0.4 is 10.6 Å². The molecule has 0 unspecified atom stereocenters. The van der Waals surface area contributed by atoms with Crippen LogP contribution >= 0.6 is 0 Å². The number of ether oxygens (including phenoxy) is 1. The lowest BCUT2D eigenvalue weighted by molar-refractivity contribution is -0.109. The second-order valence-electron chi connectivity index (χ2n) is 5.71. The molecule has 0 aromatic heterocycles. The average molecular weight is 278 g/mol. The lowest BCUT2D eigenvalue weighted by Crippen LogP contribution is -2.27. The Morgan fingerprint density at radius 2 is 1.80 bits per heavy atom. The van der Waals surface area contributed by atoms with Crippen LogP contribution in [0.1, 0.15) is 37.5 Å². The molecule has 1 aromatic rings. The van der Waals surface area contributed by atoms with Crippen molar-refractivity contribution in [2.45, 2.75) is 46.8 Å². The number of amides is 2. The molecule has 20 heavy (non-hydrogen) atoms. The highest BCUT2D eigenvalue weighted by Crippen LogP contribution is 2.20. The zero-order valence-corrected chi connectivity index (χ0v) is 12.7. The molecule has 0 spiro atoms. The van der Waals surface area contributed by atoms with Gasteiger partial charge in [0.2, 0.25) is 6.41 Å². The van der Waals surface area contributed by atoms with E-state index in [-0.39, 0.29) is 0 Å². The smallest absolute Gasteiger partial charge is 0.412 e. The summed E-state index contributed by atoms with van der Waals surface area (Å²) in [5, 5.41) is 5.36. The van der Waals surface area contributed by atoms with Gasteiger partial charge in [-0.25, -0.2) is 4.79 Å². The lowest BCUT2D eigenvalue weighted by atomic mass is 10.0. The summed E-state index contributed by atoms with van der Waals surface area (Å²) in [7, 11) is 0. The van der Waals surface area contributed by atoms with E-state index in [1.165, 1.54) is 0 Å². The average Bonchev–Trinajstić information content (AvgIpc) is 2.25. The number of benzene rings is 1. The predicted molar refractivity (Wildman–Crippen MR) is 78.7 cm³/mol. The molecule has 0 fully saturated rings. The highest BCUT2D eigenvalue weighted by atomic mass is 16.6. The van der Waals surface area contributed by atoms with Crippen LogP contribution in [0.3, 0.4) is 0 Å². The van der Waals surface area contributed by atoms with Gasteiger partial charge in [-0.3, -0.25) is 10.1 Å². The van der Waals surface area contributed by atoms with Gasteiger partial charge in [-0.05, 0) is 63.4 Å². The zero-order valence-electron chi connectivity index (χ0n) is 12.7. The molecule has 1 rings (SSSR count). The van der Waals surface area contributed by atoms with Gasteiger partial charge < -0.3 is 10.1 Å². The number of hydrogen-bond donors (Lipinski definition) is 2. The molecule has 0 heterocycles. The van der Waals surface area contributed by atoms with Crippen molar-refractivity contribution < 1.29 is 14.3 Å². The Balaban J connectivity index is 2.83. The van der Waals surface area contributed by atoms with Crippen LogP contribution in [0.2, 0.25) is 0 Å². The standard InChI is InChI=1S/C15H22N2O3/c1-10-6-12(17-14(19)20-15(3,4)5)7-11(2)13(10)8-16-9-18/h6-7,9H,8H2,1-5H3,(H,16,18)(H,17,19). The third-order valence-corrected chi connectivity index (χ3v) is 2.70. The Kier molecular flexibility index (Phi) is 5.13. The van der Waals surface area contributed by atoms with Crippen molar-refractivity contribution >= 4 is 18.2 Å². The van der Waals surface area contributed by atoms with Crippen molar-refractivity contribution in [2.24, 2.45) is 0 Å². The molecule has 0 aliphatic heterocycles. The number of anilines is 1. The van der Waals surface area contributed by atoms with Gasteiger partial charge in [0.25, 0.3) is 0 Å². The van der Waals surface area contributed by atoms with Crippen molar-refractivity contribution in [1.82, 2.24) is 5.32 Å². The van der Waals surface area contributed by atoms with Gasteiger partial charge in [0.1, 0.15) is 5.60 Å². The molecule has 0 aliphatic carbocycles. The molecule has 0 radical (unpaired) electrons. The number of nitrogens with one attached hydrogen (secondary N) is 2. The zero-order chi connectivity index (χ0) is 15.3. The summed E-state index contributed by atoms with van der Waals surface area (Å²) >= 11 is 0. The predicted octanol–water partition coefficient (Wildman–Crippen LogP) is 2.90. The summed E-state index contributed by atoms with van der Waals surface area (Å²) in [5.74, 6) is 0. The maximum absolute atomic E-state index is 11.7. The SMILES string of the molecule is Cc1cc(NC(=O)OC(C)(C)C)cc(C)c1CNC=O. The molecule has 1 aromatic carbocycles. The van der Waals surface area contributed by atoms with Gasteiger partial charge in [0.15, 0.2) is 0 Å². The van der Waals surface area contributed by atoms with Crippen LogP contribution in [-0.2, 0) is 16.1 Å². The van der Waals surface area contributed by atoms with E-state index in [0.29, 0.717) is 18.6 Å². The van der Waals surface area contributed by atoms with Crippen LogP contribution in [0.4, 0.5) is 10.5 Å². The summed E-state index contributed by atoms with van der Waals surface area (Å²) in [6, 6.07) is 3.72. The van der Waals surface area contributed by atoms with Crippen molar-refractivity contribution in [3.05, 3.63) is 28.8 Å². The van der Waals surface area contributed by atoms with Crippen LogP contribution in [-0.4, -0.2) is 18.1 Å².